The van der Waals surface area contributed by atoms with E-state index in [1.165, 1.54) is 24.3 Å². The van der Waals surface area contributed by atoms with Crippen LogP contribution in [0.5, 0.6) is 0 Å². The lowest BCUT2D eigenvalue weighted by molar-refractivity contribution is 0.122. The van der Waals surface area contributed by atoms with Gasteiger partial charge in [-0.2, -0.15) is 15.0 Å². The summed E-state index contributed by atoms with van der Waals surface area (Å²) in [5.74, 6) is 0.217. The van der Waals surface area contributed by atoms with Crippen LogP contribution in [0, 0.1) is 11.6 Å². The molecule has 0 bridgehead atoms. The van der Waals surface area contributed by atoms with Gasteiger partial charge < -0.3 is 20.3 Å². The number of anilines is 5. The van der Waals surface area contributed by atoms with Crippen molar-refractivity contribution in [2.24, 2.45) is 0 Å². The average Bonchev–Trinajstić information content (AvgIpc) is 2.68. The van der Waals surface area contributed by atoms with E-state index in [1.54, 1.807) is 24.3 Å². The number of nitrogens with zero attached hydrogens (tertiary/aromatic N) is 4. The Bertz CT molecular complexity index is 899. The number of rotatable bonds is 5. The van der Waals surface area contributed by atoms with E-state index < -0.39 is 0 Å². The van der Waals surface area contributed by atoms with Crippen LogP contribution in [0.3, 0.4) is 0 Å². The Hall–Kier alpha value is -3.33. The van der Waals surface area contributed by atoms with Crippen molar-refractivity contribution in [2.45, 2.75) is 0 Å². The van der Waals surface area contributed by atoms with Gasteiger partial charge >= 0.3 is 0 Å². The normalized spacial score (nSPS) is 14.0. The summed E-state index contributed by atoms with van der Waals surface area (Å²) >= 11 is 0. The third-order valence-electron chi connectivity index (χ3n) is 4.08. The van der Waals surface area contributed by atoms with Crippen LogP contribution in [0.2, 0.25) is 0 Å². The molecule has 4 rings (SSSR count). The summed E-state index contributed by atoms with van der Waals surface area (Å²) in [7, 11) is 0. The number of morpholine rings is 1. The van der Waals surface area contributed by atoms with Crippen molar-refractivity contribution in [3.63, 3.8) is 0 Å². The van der Waals surface area contributed by atoms with Crippen LogP contribution in [0.1, 0.15) is 0 Å². The predicted molar refractivity (Wildman–Crippen MR) is 102 cm³/mol. The summed E-state index contributed by atoms with van der Waals surface area (Å²) in [6.07, 6.45) is 0. The molecule has 0 spiro atoms. The van der Waals surface area contributed by atoms with Gasteiger partial charge in [-0.3, -0.25) is 0 Å². The van der Waals surface area contributed by atoms with Crippen molar-refractivity contribution in [2.75, 3.05) is 41.8 Å². The van der Waals surface area contributed by atoms with E-state index in [0.717, 1.165) is 0 Å². The lowest BCUT2D eigenvalue weighted by Crippen LogP contribution is -2.37. The fourth-order valence-electron chi connectivity index (χ4n) is 2.77. The Balaban J connectivity index is 1.65. The molecule has 9 heteroatoms. The van der Waals surface area contributed by atoms with E-state index in [9.17, 15) is 8.78 Å². The highest BCUT2D eigenvalue weighted by Gasteiger charge is 2.17. The maximum atomic E-state index is 13.5. The molecular weight excluding hydrogens is 366 g/mol. The van der Waals surface area contributed by atoms with Crippen LogP contribution >= 0.6 is 0 Å². The number of aromatic nitrogens is 3. The Morgan fingerprint density at radius 3 is 1.82 bits per heavy atom. The summed E-state index contributed by atoms with van der Waals surface area (Å²) in [4.78, 5) is 15.2. The molecular formula is C19H18F2N6O. The first kappa shape index (κ1) is 18.1. The van der Waals surface area contributed by atoms with Gasteiger partial charge in [0.1, 0.15) is 11.6 Å². The van der Waals surface area contributed by atoms with Crippen LogP contribution in [0.4, 0.5) is 38.0 Å². The van der Waals surface area contributed by atoms with Crippen molar-refractivity contribution in [3.05, 3.63) is 60.2 Å². The minimum Gasteiger partial charge on any atom is -0.378 e. The van der Waals surface area contributed by atoms with Gasteiger partial charge in [0.05, 0.1) is 13.2 Å². The highest BCUT2D eigenvalue weighted by molar-refractivity contribution is 5.59. The molecule has 2 N–H and O–H groups in total. The quantitative estimate of drug-likeness (QED) is 0.698. The molecule has 0 unspecified atom stereocenters. The fourth-order valence-corrected chi connectivity index (χ4v) is 2.77. The molecule has 2 heterocycles. The maximum absolute atomic E-state index is 13.5. The molecule has 1 aliphatic heterocycles. The first-order valence-electron chi connectivity index (χ1n) is 8.80. The molecule has 0 aliphatic carbocycles. The Labute approximate surface area is 160 Å². The van der Waals surface area contributed by atoms with E-state index in [4.69, 9.17) is 4.74 Å². The van der Waals surface area contributed by atoms with Gasteiger partial charge in [0.2, 0.25) is 17.8 Å². The van der Waals surface area contributed by atoms with Gasteiger partial charge in [-0.15, -0.1) is 0 Å². The highest BCUT2D eigenvalue weighted by Crippen LogP contribution is 2.21. The Morgan fingerprint density at radius 2 is 1.32 bits per heavy atom. The van der Waals surface area contributed by atoms with Gasteiger partial charge in [0.25, 0.3) is 0 Å². The monoisotopic (exact) mass is 384 g/mol. The summed E-state index contributed by atoms with van der Waals surface area (Å²) < 4.78 is 32.3. The standard InChI is InChI=1S/C19H18F2N6O/c20-13-3-1-5-15(11-13)22-17-24-18(23-16-6-2-4-14(21)12-16)26-19(25-17)27-7-9-28-10-8-27/h1-6,11-12H,7-10H2,(H2,22,23,24,25,26). The van der Waals surface area contributed by atoms with Crippen molar-refractivity contribution in [3.8, 4) is 0 Å². The van der Waals surface area contributed by atoms with Gasteiger partial charge in [-0.1, -0.05) is 12.1 Å². The van der Waals surface area contributed by atoms with E-state index in [0.29, 0.717) is 43.6 Å². The van der Waals surface area contributed by atoms with Crippen LogP contribution in [-0.2, 0) is 4.74 Å². The third kappa shape index (κ3) is 4.49. The first-order valence-corrected chi connectivity index (χ1v) is 8.80. The minimum absolute atomic E-state index is 0.251. The third-order valence-corrected chi connectivity index (χ3v) is 4.08. The molecule has 0 atom stereocenters. The second-order valence-electron chi connectivity index (χ2n) is 6.15. The van der Waals surface area contributed by atoms with Gasteiger partial charge in [-0.25, -0.2) is 8.78 Å². The Morgan fingerprint density at radius 1 is 0.786 bits per heavy atom. The maximum Gasteiger partial charge on any atom is 0.233 e. The molecule has 2 aromatic carbocycles. The zero-order valence-corrected chi connectivity index (χ0v) is 14.9. The zero-order chi connectivity index (χ0) is 19.3. The molecule has 0 radical (unpaired) electrons. The van der Waals surface area contributed by atoms with Gasteiger partial charge in [0, 0.05) is 24.5 Å². The minimum atomic E-state index is -0.370. The molecule has 0 amide bonds. The lowest BCUT2D eigenvalue weighted by atomic mass is 10.3. The summed E-state index contributed by atoms with van der Waals surface area (Å²) in [6.45, 7) is 2.43. The van der Waals surface area contributed by atoms with Gasteiger partial charge in [0.15, 0.2) is 0 Å². The molecule has 1 aromatic heterocycles. The molecule has 0 saturated carbocycles. The van der Waals surface area contributed by atoms with E-state index >= 15 is 0 Å². The molecule has 3 aromatic rings. The van der Waals surface area contributed by atoms with E-state index in [2.05, 4.69) is 25.6 Å². The van der Waals surface area contributed by atoms with Crippen molar-refractivity contribution >= 4 is 29.2 Å². The smallest absolute Gasteiger partial charge is 0.233 e. The van der Waals surface area contributed by atoms with Crippen LogP contribution in [0.25, 0.3) is 0 Å². The summed E-state index contributed by atoms with van der Waals surface area (Å²) in [6, 6.07) is 12.0. The molecule has 28 heavy (non-hydrogen) atoms. The van der Waals surface area contributed by atoms with Crippen LogP contribution in [-0.4, -0.2) is 41.3 Å². The second-order valence-corrected chi connectivity index (χ2v) is 6.15. The number of nitrogens with one attached hydrogen (secondary N) is 2. The molecule has 144 valence electrons. The first-order chi connectivity index (χ1) is 13.7. The van der Waals surface area contributed by atoms with Crippen molar-refractivity contribution < 1.29 is 13.5 Å². The summed E-state index contributed by atoms with van der Waals surface area (Å²) in [5.41, 5.74) is 1.02. The number of halogens is 2. The highest BCUT2D eigenvalue weighted by atomic mass is 19.1. The van der Waals surface area contributed by atoms with Crippen LogP contribution < -0.4 is 15.5 Å². The largest absolute Gasteiger partial charge is 0.378 e. The van der Waals surface area contributed by atoms with E-state index in [1.807, 2.05) is 4.90 Å². The predicted octanol–water partition coefficient (Wildman–Crippen LogP) is 3.47. The van der Waals surface area contributed by atoms with Crippen LogP contribution in [0.15, 0.2) is 48.5 Å². The number of hydrogen-bond donors (Lipinski definition) is 2. The topological polar surface area (TPSA) is 75.2 Å². The number of ether oxygens (including phenoxy) is 1. The fraction of sp³-hybridized carbons (Fsp3) is 0.211. The van der Waals surface area contributed by atoms with Crippen molar-refractivity contribution in [1.82, 2.24) is 15.0 Å². The zero-order valence-electron chi connectivity index (χ0n) is 14.9. The second kappa shape index (κ2) is 8.13. The SMILES string of the molecule is Fc1cccc(Nc2nc(Nc3cccc(F)c3)nc(N3CCOCC3)n2)c1. The molecule has 1 aliphatic rings. The van der Waals surface area contributed by atoms with Crippen molar-refractivity contribution in [1.29, 1.82) is 0 Å². The Kier molecular flexibility index (Phi) is 5.24. The molecule has 1 saturated heterocycles. The number of hydrogen-bond acceptors (Lipinski definition) is 7. The lowest BCUT2D eigenvalue weighted by Gasteiger charge is -2.27. The molecule has 7 nitrogen and oxygen atoms in total. The number of benzene rings is 2. The van der Waals surface area contributed by atoms with Gasteiger partial charge in [-0.05, 0) is 36.4 Å². The van der Waals surface area contributed by atoms with E-state index in [-0.39, 0.29) is 23.5 Å². The molecule has 1 fully saturated rings. The summed E-state index contributed by atoms with van der Waals surface area (Å²) in [5, 5.41) is 5.98. The average molecular weight is 384 g/mol.